The van der Waals surface area contributed by atoms with Gasteiger partial charge in [-0.25, -0.2) is 9.97 Å². The van der Waals surface area contributed by atoms with Crippen molar-refractivity contribution >= 4 is 46.0 Å². The predicted octanol–water partition coefficient (Wildman–Crippen LogP) is 3.96. The maximum Gasteiger partial charge on any atom is 0.253 e. The number of anilines is 2. The van der Waals surface area contributed by atoms with E-state index in [2.05, 4.69) is 20.6 Å². The molecule has 2 N–H and O–H groups in total. The van der Waals surface area contributed by atoms with Crippen LogP contribution in [-0.4, -0.2) is 45.8 Å². The van der Waals surface area contributed by atoms with E-state index < -0.39 is 0 Å². The number of rotatable bonds is 5. The fourth-order valence-corrected chi connectivity index (χ4v) is 3.61. The molecule has 1 aliphatic rings. The molecule has 1 saturated heterocycles. The quantitative estimate of drug-likeness (QED) is 0.648. The minimum Gasteiger partial charge on any atom is -0.350 e. The molecular formula is C22H22ClN5O2. The lowest BCUT2D eigenvalue weighted by atomic mass is 10.2. The summed E-state index contributed by atoms with van der Waals surface area (Å²) in [5.41, 5.74) is 2.07. The summed E-state index contributed by atoms with van der Waals surface area (Å²) in [5, 5.41) is 7.65. The van der Waals surface area contributed by atoms with Crippen molar-refractivity contribution in [3.05, 3.63) is 59.2 Å². The van der Waals surface area contributed by atoms with Crippen LogP contribution in [0.25, 0.3) is 10.9 Å². The highest BCUT2D eigenvalue weighted by molar-refractivity contribution is 6.31. The molecule has 1 fully saturated rings. The van der Waals surface area contributed by atoms with E-state index in [1.165, 1.54) is 0 Å². The number of amides is 2. The molecule has 4 rings (SSSR count). The highest BCUT2D eigenvalue weighted by Crippen LogP contribution is 2.21. The molecule has 2 amide bonds. The second-order valence-corrected chi connectivity index (χ2v) is 7.69. The minimum atomic E-state index is -0.0549. The number of benzene rings is 2. The highest BCUT2D eigenvalue weighted by atomic mass is 35.5. The van der Waals surface area contributed by atoms with Crippen molar-refractivity contribution < 1.29 is 9.59 Å². The van der Waals surface area contributed by atoms with E-state index in [1.807, 2.05) is 17.0 Å². The fraction of sp³-hybridized carbons (Fsp3) is 0.273. The Morgan fingerprint density at radius 1 is 1.20 bits per heavy atom. The molecule has 2 heterocycles. The van der Waals surface area contributed by atoms with Crippen LogP contribution in [-0.2, 0) is 4.79 Å². The zero-order valence-electron chi connectivity index (χ0n) is 16.6. The summed E-state index contributed by atoms with van der Waals surface area (Å²) >= 11 is 6.05. The van der Waals surface area contributed by atoms with Crippen LogP contribution in [0.3, 0.4) is 0 Å². The number of likely N-dealkylation sites (tertiary alicyclic amines) is 1. The summed E-state index contributed by atoms with van der Waals surface area (Å²) in [6.45, 7) is 3.03. The first-order valence-corrected chi connectivity index (χ1v) is 10.3. The van der Waals surface area contributed by atoms with Gasteiger partial charge in [-0.2, -0.15) is 0 Å². The van der Waals surface area contributed by atoms with E-state index in [1.54, 1.807) is 43.5 Å². The third-order valence-corrected chi connectivity index (χ3v) is 5.33. The lowest BCUT2D eigenvalue weighted by Crippen LogP contribution is -2.31. The standard InChI is InChI=1S/C22H22ClN5O2/c1-2-20(29)25-17-7-4-14(5-8-17)21(30)28-10-9-18(13-28)26-22-24-12-15-3-6-16(23)11-19(15)27-22/h3-8,11-12,18H,2,9-10,13H2,1H3,(H,25,29)(H,24,26,27)/t18-/m1/s1. The van der Waals surface area contributed by atoms with E-state index in [9.17, 15) is 9.59 Å². The number of hydrogen-bond donors (Lipinski definition) is 2. The van der Waals surface area contributed by atoms with E-state index in [0.29, 0.717) is 41.7 Å². The number of nitrogens with zero attached hydrogens (tertiary/aromatic N) is 3. The molecule has 30 heavy (non-hydrogen) atoms. The summed E-state index contributed by atoms with van der Waals surface area (Å²) in [4.78, 5) is 35.0. The largest absolute Gasteiger partial charge is 0.350 e. The van der Waals surface area contributed by atoms with Crippen molar-refractivity contribution in [3.8, 4) is 0 Å². The zero-order valence-corrected chi connectivity index (χ0v) is 17.3. The van der Waals surface area contributed by atoms with E-state index in [0.717, 1.165) is 17.3 Å². The van der Waals surface area contributed by atoms with Gasteiger partial charge < -0.3 is 15.5 Å². The number of halogens is 1. The van der Waals surface area contributed by atoms with Gasteiger partial charge in [-0.05, 0) is 48.9 Å². The highest BCUT2D eigenvalue weighted by Gasteiger charge is 2.27. The van der Waals surface area contributed by atoms with Crippen LogP contribution in [0.15, 0.2) is 48.7 Å². The van der Waals surface area contributed by atoms with Gasteiger partial charge in [-0.3, -0.25) is 9.59 Å². The van der Waals surface area contributed by atoms with Gasteiger partial charge in [0.15, 0.2) is 0 Å². The molecule has 1 aromatic heterocycles. The van der Waals surface area contributed by atoms with Crippen molar-refractivity contribution in [3.63, 3.8) is 0 Å². The number of hydrogen-bond acceptors (Lipinski definition) is 5. The average Bonchev–Trinajstić information content (AvgIpc) is 3.22. The summed E-state index contributed by atoms with van der Waals surface area (Å²) in [6.07, 6.45) is 2.99. The Labute approximate surface area is 179 Å². The molecule has 0 saturated carbocycles. The van der Waals surface area contributed by atoms with Crippen molar-refractivity contribution in [1.29, 1.82) is 0 Å². The predicted molar refractivity (Wildman–Crippen MR) is 118 cm³/mol. The third-order valence-electron chi connectivity index (χ3n) is 5.09. The number of carbonyl (C=O) groups excluding carboxylic acids is 2. The Morgan fingerprint density at radius 2 is 2.00 bits per heavy atom. The van der Waals surface area contributed by atoms with Crippen LogP contribution in [0.5, 0.6) is 0 Å². The van der Waals surface area contributed by atoms with Gasteiger partial charge in [-0.15, -0.1) is 0 Å². The molecule has 2 aromatic carbocycles. The smallest absolute Gasteiger partial charge is 0.253 e. The molecule has 0 radical (unpaired) electrons. The van der Waals surface area contributed by atoms with Gasteiger partial charge in [0.05, 0.1) is 5.52 Å². The Morgan fingerprint density at radius 3 is 2.77 bits per heavy atom. The van der Waals surface area contributed by atoms with Crippen LogP contribution in [0.2, 0.25) is 5.02 Å². The Balaban J connectivity index is 1.38. The number of fused-ring (bicyclic) bond motifs is 1. The maximum atomic E-state index is 12.8. The Bertz CT molecular complexity index is 1090. The van der Waals surface area contributed by atoms with Gasteiger partial charge in [0.2, 0.25) is 11.9 Å². The van der Waals surface area contributed by atoms with Crippen molar-refractivity contribution in [2.75, 3.05) is 23.7 Å². The zero-order chi connectivity index (χ0) is 21.1. The Kier molecular flexibility index (Phi) is 5.81. The van der Waals surface area contributed by atoms with Gasteiger partial charge in [-0.1, -0.05) is 18.5 Å². The number of carbonyl (C=O) groups is 2. The fourth-order valence-electron chi connectivity index (χ4n) is 3.44. The number of aromatic nitrogens is 2. The molecule has 1 aliphatic heterocycles. The minimum absolute atomic E-state index is 0.0288. The van der Waals surface area contributed by atoms with Gasteiger partial charge in [0.25, 0.3) is 5.91 Å². The van der Waals surface area contributed by atoms with Crippen LogP contribution >= 0.6 is 11.6 Å². The molecule has 154 valence electrons. The normalized spacial score (nSPS) is 15.9. The first-order valence-electron chi connectivity index (χ1n) is 9.90. The van der Waals surface area contributed by atoms with E-state index in [4.69, 9.17) is 11.6 Å². The third kappa shape index (κ3) is 4.52. The van der Waals surface area contributed by atoms with Gasteiger partial charge in [0.1, 0.15) is 0 Å². The summed E-state index contributed by atoms with van der Waals surface area (Å²) in [5.74, 6) is 0.444. The topological polar surface area (TPSA) is 87.2 Å². The monoisotopic (exact) mass is 423 g/mol. The molecule has 0 unspecified atom stereocenters. The second kappa shape index (κ2) is 8.67. The average molecular weight is 424 g/mol. The van der Waals surface area contributed by atoms with Crippen molar-refractivity contribution in [1.82, 2.24) is 14.9 Å². The molecule has 0 aliphatic carbocycles. The van der Waals surface area contributed by atoms with Gasteiger partial charge in [0, 0.05) is 53.4 Å². The Hall–Kier alpha value is -3.19. The summed E-state index contributed by atoms with van der Waals surface area (Å²) < 4.78 is 0. The maximum absolute atomic E-state index is 12.8. The van der Waals surface area contributed by atoms with Crippen LogP contribution in [0.1, 0.15) is 30.1 Å². The van der Waals surface area contributed by atoms with E-state index >= 15 is 0 Å². The second-order valence-electron chi connectivity index (χ2n) is 7.26. The van der Waals surface area contributed by atoms with Gasteiger partial charge >= 0.3 is 0 Å². The lowest BCUT2D eigenvalue weighted by molar-refractivity contribution is -0.115. The van der Waals surface area contributed by atoms with E-state index in [-0.39, 0.29) is 17.9 Å². The molecule has 0 spiro atoms. The van der Waals surface area contributed by atoms with Crippen molar-refractivity contribution in [2.45, 2.75) is 25.8 Å². The molecule has 3 aromatic rings. The van der Waals surface area contributed by atoms with Crippen LogP contribution in [0, 0.1) is 0 Å². The summed E-state index contributed by atoms with van der Waals surface area (Å²) in [6, 6.07) is 12.6. The lowest BCUT2D eigenvalue weighted by Gasteiger charge is -2.17. The number of nitrogens with one attached hydrogen (secondary N) is 2. The first-order chi connectivity index (χ1) is 14.5. The molecule has 8 heteroatoms. The SMILES string of the molecule is CCC(=O)Nc1ccc(C(=O)N2CC[C@@H](Nc3ncc4ccc(Cl)cc4n3)C2)cc1. The van der Waals surface area contributed by atoms with Crippen LogP contribution < -0.4 is 10.6 Å². The molecule has 7 nitrogen and oxygen atoms in total. The first kappa shape index (κ1) is 20.1. The van der Waals surface area contributed by atoms with Crippen LogP contribution in [0.4, 0.5) is 11.6 Å². The van der Waals surface area contributed by atoms with Crippen molar-refractivity contribution in [2.24, 2.45) is 0 Å². The molecule has 1 atom stereocenters. The summed E-state index contributed by atoms with van der Waals surface area (Å²) in [7, 11) is 0. The molecular weight excluding hydrogens is 402 g/mol. The molecule has 0 bridgehead atoms.